The van der Waals surface area contributed by atoms with Gasteiger partial charge in [-0.2, -0.15) is 0 Å². The summed E-state index contributed by atoms with van der Waals surface area (Å²) in [5.41, 5.74) is 0. The van der Waals surface area contributed by atoms with E-state index in [2.05, 4.69) is 0 Å². The summed E-state index contributed by atoms with van der Waals surface area (Å²) in [5.74, 6) is -2.71. The zero-order valence-corrected chi connectivity index (χ0v) is 21.3. The maximum absolute atomic E-state index is 11.8. The Morgan fingerprint density at radius 1 is 0.857 bits per heavy atom. The molecule has 0 radical (unpaired) electrons. The molecule has 0 amide bonds. The molecular formula is C25H38O10. The molecule has 1 fully saturated rings. The molecule has 198 valence electrons. The quantitative estimate of drug-likeness (QED) is 0.152. The first-order chi connectivity index (χ1) is 16.5. The van der Waals surface area contributed by atoms with Gasteiger partial charge in [0.05, 0.1) is 13.7 Å². The summed E-state index contributed by atoms with van der Waals surface area (Å²) in [6.07, 6.45) is 5.55. The third-order valence-corrected chi connectivity index (χ3v) is 5.71. The van der Waals surface area contributed by atoms with Crippen LogP contribution in [0.5, 0.6) is 0 Å². The lowest BCUT2D eigenvalue weighted by Crippen LogP contribution is -2.26. The van der Waals surface area contributed by atoms with Crippen molar-refractivity contribution >= 4 is 29.8 Å². The molecule has 1 saturated carbocycles. The highest BCUT2D eigenvalue weighted by molar-refractivity contribution is 5.69. The molecule has 1 rings (SSSR count). The third-order valence-electron chi connectivity index (χ3n) is 5.71. The van der Waals surface area contributed by atoms with Gasteiger partial charge in [0.15, 0.2) is 0 Å². The lowest BCUT2D eigenvalue weighted by atomic mass is 9.88. The van der Waals surface area contributed by atoms with E-state index in [4.69, 9.17) is 23.7 Å². The van der Waals surface area contributed by atoms with Crippen LogP contribution in [0.25, 0.3) is 0 Å². The highest BCUT2D eigenvalue weighted by Crippen LogP contribution is 2.40. The molecule has 0 aromatic carbocycles. The number of hydrogen-bond acceptors (Lipinski definition) is 10. The summed E-state index contributed by atoms with van der Waals surface area (Å²) < 4.78 is 26.1. The van der Waals surface area contributed by atoms with Gasteiger partial charge in [0.2, 0.25) is 0 Å². The summed E-state index contributed by atoms with van der Waals surface area (Å²) >= 11 is 0. The lowest BCUT2D eigenvalue weighted by Gasteiger charge is -2.24. The van der Waals surface area contributed by atoms with Gasteiger partial charge in [-0.15, -0.1) is 0 Å². The summed E-state index contributed by atoms with van der Waals surface area (Å²) in [5, 5.41) is 0. The Labute approximate surface area is 206 Å². The monoisotopic (exact) mass is 498 g/mol. The van der Waals surface area contributed by atoms with Crippen molar-refractivity contribution in [1.29, 1.82) is 0 Å². The van der Waals surface area contributed by atoms with Crippen molar-refractivity contribution in [1.82, 2.24) is 0 Å². The van der Waals surface area contributed by atoms with Crippen LogP contribution in [0.4, 0.5) is 0 Å². The maximum atomic E-state index is 11.8. The van der Waals surface area contributed by atoms with Gasteiger partial charge >= 0.3 is 29.8 Å². The molecule has 0 heterocycles. The number of ether oxygens (including phenoxy) is 5. The molecule has 1 aliphatic carbocycles. The van der Waals surface area contributed by atoms with E-state index in [1.807, 2.05) is 6.08 Å². The van der Waals surface area contributed by atoms with E-state index < -0.39 is 42.2 Å². The summed E-state index contributed by atoms with van der Waals surface area (Å²) in [6.45, 7) is 5.64. The topological polar surface area (TPSA) is 132 Å². The fourth-order valence-corrected chi connectivity index (χ4v) is 4.30. The molecule has 5 atom stereocenters. The SMILES string of the molecule is COC(=O)CCC1C(OC(C)=O)CC(OC(C)=O)C1/C=C/C(CCCCCOC(C)=O)OC(C)=O. The van der Waals surface area contributed by atoms with Crippen LogP contribution in [0.1, 0.15) is 72.6 Å². The number of methoxy groups -OCH3 is 1. The molecule has 35 heavy (non-hydrogen) atoms. The first kappa shape index (κ1) is 30.1. The molecule has 0 N–H and O–H groups in total. The second kappa shape index (κ2) is 15.9. The summed E-state index contributed by atoms with van der Waals surface area (Å²) in [4.78, 5) is 57.6. The average Bonchev–Trinajstić information content (AvgIpc) is 3.05. The van der Waals surface area contributed by atoms with E-state index in [1.54, 1.807) is 6.08 Å². The van der Waals surface area contributed by atoms with E-state index in [1.165, 1.54) is 34.8 Å². The van der Waals surface area contributed by atoms with Gasteiger partial charge in [0.25, 0.3) is 0 Å². The van der Waals surface area contributed by atoms with Crippen molar-refractivity contribution in [2.45, 2.75) is 91.0 Å². The molecule has 0 saturated heterocycles. The number of unbranched alkanes of at least 4 members (excludes halogenated alkanes) is 2. The van der Waals surface area contributed by atoms with Gasteiger partial charge in [0.1, 0.15) is 18.3 Å². The standard InChI is InChI=1S/C25H38O10/c1-16(26)32-14-8-6-7-9-20(33-17(2)27)10-11-21-22(12-13-25(30)31-5)24(35-19(4)29)15-23(21)34-18(3)28/h10-11,20-24H,6-9,12-15H2,1-5H3/b11-10+. The smallest absolute Gasteiger partial charge is 0.305 e. The molecule has 0 aromatic heterocycles. The largest absolute Gasteiger partial charge is 0.469 e. The minimum absolute atomic E-state index is 0.117. The molecular weight excluding hydrogens is 460 g/mol. The van der Waals surface area contributed by atoms with Crippen LogP contribution in [0.2, 0.25) is 0 Å². The van der Waals surface area contributed by atoms with Crippen LogP contribution in [0.3, 0.4) is 0 Å². The molecule has 10 nitrogen and oxygen atoms in total. The molecule has 0 spiro atoms. The Bertz CT molecular complexity index is 759. The predicted octanol–water partition coefficient (Wildman–Crippen LogP) is 3.05. The Kier molecular flexibility index (Phi) is 13.7. The predicted molar refractivity (Wildman–Crippen MR) is 124 cm³/mol. The molecule has 0 bridgehead atoms. The minimum Gasteiger partial charge on any atom is -0.469 e. The Morgan fingerprint density at radius 3 is 2.09 bits per heavy atom. The third kappa shape index (κ3) is 12.4. The van der Waals surface area contributed by atoms with Gasteiger partial charge < -0.3 is 23.7 Å². The van der Waals surface area contributed by atoms with Crippen molar-refractivity contribution < 1.29 is 47.7 Å². The first-order valence-electron chi connectivity index (χ1n) is 11.9. The van der Waals surface area contributed by atoms with E-state index >= 15 is 0 Å². The number of rotatable bonds is 14. The highest BCUT2D eigenvalue weighted by atomic mass is 16.6. The average molecular weight is 499 g/mol. The van der Waals surface area contributed by atoms with Crippen LogP contribution >= 0.6 is 0 Å². The first-order valence-corrected chi connectivity index (χ1v) is 11.9. The van der Waals surface area contributed by atoms with E-state index in [-0.39, 0.29) is 24.2 Å². The van der Waals surface area contributed by atoms with Crippen molar-refractivity contribution in [2.24, 2.45) is 11.8 Å². The fourth-order valence-electron chi connectivity index (χ4n) is 4.30. The number of carbonyl (C=O) groups is 5. The van der Waals surface area contributed by atoms with Crippen LogP contribution in [-0.4, -0.2) is 61.9 Å². The molecule has 0 aromatic rings. The van der Waals surface area contributed by atoms with Gasteiger partial charge in [-0.25, -0.2) is 0 Å². The van der Waals surface area contributed by atoms with Crippen LogP contribution in [0, 0.1) is 11.8 Å². The van der Waals surface area contributed by atoms with E-state index in [9.17, 15) is 24.0 Å². The maximum Gasteiger partial charge on any atom is 0.305 e. The van der Waals surface area contributed by atoms with Gasteiger partial charge in [-0.05, 0) is 38.2 Å². The molecule has 1 aliphatic rings. The Hall–Kier alpha value is -2.91. The van der Waals surface area contributed by atoms with Crippen LogP contribution in [0.15, 0.2) is 12.2 Å². The second-order valence-corrected chi connectivity index (χ2v) is 8.61. The number of carbonyl (C=O) groups excluding carboxylic acids is 5. The highest BCUT2D eigenvalue weighted by Gasteiger charge is 2.45. The van der Waals surface area contributed by atoms with E-state index in [0.29, 0.717) is 32.3 Å². The number of hydrogen-bond donors (Lipinski definition) is 0. The fraction of sp³-hybridized carbons (Fsp3) is 0.720. The van der Waals surface area contributed by atoms with Crippen molar-refractivity contribution in [3.63, 3.8) is 0 Å². The minimum atomic E-state index is -0.558. The van der Waals surface area contributed by atoms with Crippen LogP contribution in [-0.2, 0) is 47.7 Å². The second-order valence-electron chi connectivity index (χ2n) is 8.61. The van der Waals surface area contributed by atoms with Gasteiger partial charge in [0, 0.05) is 52.4 Å². The molecule has 5 unspecified atom stereocenters. The molecule has 10 heteroatoms. The van der Waals surface area contributed by atoms with Gasteiger partial charge in [-0.1, -0.05) is 6.08 Å². The van der Waals surface area contributed by atoms with Crippen molar-refractivity contribution in [3.8, 4) is 0 Å². The zero-order valence-electron chi connectivity index (χ0n) is 21.3. The van der Waals surface area contributed by atoms with Crippen LogP contribution < -0.4 is 0 Å². The van der Waals surface area contributed by atoms with Crippen molar-refractivity contribution in [3.05, 3.63) is 12.2 Å². The van der Waals surface area contributed by atoms with Crippen molar-refractivity contribution in [2.75, 3.05) is 13.7 Å². The van der Waals surface area contributed by atoms with E-state index in [0.717, 1.165) is 12.8 Å². The molecule has 0 aliphatic heterocycles. The summed E-state index contributed by atoms with van der Waals surface area (Å²) in [6, 6.07) is 0. The summed E-state index contributed by atoms with van der Waals surface area (Å²) in [7, 11) is 1.30. The number of esters is 5. The normalized spacial score (nSPS) is 22.3. The zero-order chi connectivity index (χ0) is 26.4. The Balaban J connectivity index is 2.98. The Morgan fingerprint density at radius 2 is 1.51 bits per heavy atom. The van der Waals surface area contributed by atoms with Gasteiger partial charge in [-0.3, -0.25) is 24.0 Å². The lowest BCUT2D eigenvalue weighted by molar-refractivity contribution is -0.149.